The van der Waals surface area contributed by atoms with E-state index in [0.29, 0.717) is 11.7 Å². The van der Waals surface area contributed by atoms with E-state index in [1.54, 1.807) is 13.2 Å². The van der Waals surface area contributed by atoms with Crippen molar-refractivity contribution in [3.63, 3.8) is 0 Å². The Bertz CT molecular complexity index is 963. The summed E-state index contributed by atoms with van der Waals surface area (Å²) in [6, 6.07) is 17.6. The van der Waals surface area contributed by atoms with Crippen LogP contribution in [0.3, 0.4) is 0 Å². The number of likely N-dealkylation sites (tertiary alicyclic amines) is 1. The maximum absolute atomic E-state index is 12.5. The molecule has 0 bridgehead atoms. The fraction of sp³-hybridized carbons (Fsp3) is 0.333. The number of imidazole rings is 1. The summed E-state index contributed by atoms with van der Waals surface area (Å²) >= 11 is 0. The molecular formula is C24H27N3O3. The van der Waals surface area contributed by atoms with Gasteiger partial charge in [-0.15, -0.1) is 0 Å². The quantitative estimate of drug-likeness (QED) is 0.599. The number of carbonyl (C=O) groups is 1. The highest BCUT2D eigenvalue weighted by Crippen LogP contribution is 2.24. The summed E-state index contributed by atoms with van der Waals surface area (Å²) in [5.41, 5.74) is 1.13. The van der Waals surface area contributed by atoms with Crippen LogP contribution >= 0.6 is 0 Å². The molecule has 2 heterocycles. The topological polar surface area (TPSA) is 56.6 Å². The molecule has 0 spiro atoms. The molecule has 30 heavy (non-hydrogen) atoms. The Labute approximate surface area is 177 Å². The highest BCUT2D eigenvalue weighted by Gasteiger charge is 2.24. The second-order valence-electron chi connectivity index (χ2n) is 7.56. The Balaban J connectivity index is 1.27. The molecule has 0 unspecified atom stereocenters. The van der Waals surface area contributed by atoms with Gasteiger partial charge in [-0.25, -0.2) is 4.98 Å². The zero-order valence-corrected chi connectivity index (χ0v) is 17.2. The number of nitrogens with zero attached hydrogens (tertiary/aromatic N) is 3. The number of ether oxygens (including phenoxy) is 2. The Hall–Kier alpha value is -3.28. The summed E-state index contributed by atoms with van der Waals surface area (Å²) in [5.74, 6) is 2.93. The van der Waals surface area contributed by atoms with Crippen molar-refractivity contribution in [1.82, 2.24) is 14.5 Å². The number of hydrogen-bond donors (Lipinski definition) is 0. The lowest BCUT2D eigenvalue weighted by atomic mass is 9.96. The number of piperidine rings is 1. The van der Waals surface area contributed by atoms with Crippen LogP contribution in [0.2, 0.25) is 0 Å². The molecule has 0 N–H and O–H groups in total. The minimum atomic E-state index is 0.0314. The molecule has 1 aliphatic rings. The molecule has 2 aromatic carbocycles. The summed E-state index contributed by atoms with van der Waals surface area (Å²) < 4.78 is 13.1. The molecule has 0 aliphatic carbocycles. The van der Waals surface area contributed by atoms with Gasteiger partial charge in [0.15, 0.2) is 6.61 Å². The molecule has 1 aromatic heterocycles. The van der Waals surface area contributed by atoms with Crippen molar-refractivity contribution in [3.8, 4) is 22.9 Å². The van der Waals surface area contributed by atoms with Crippen LogP contribution in [0.1, 0.15) is 12.8 Å². The van der Waals surface area contributed by atoms with Crippen LogP contribution in [0, 0.1) is 5.92 Å². The van der Waals surface area contributed by atoms with E-state index in [-0.39, 0.29) is 12.5 Å². The zero-order chi connectivity index (χ0) is 20.8. The van der Waals surface area contributed by atoms with Gasteiger partial charge in [-0.1, -0.05) is 36.4 Å². The van der Waals surface area contributed by atoms with Gasteiger partial charge in [0.2, 0.25) is 0 Å². The molecule has 6 heteroatoms. The summed E-state index contributed by atoms with van der Waals surface area (Å²) in [6.07, 6.45) is 5.87. The first-order valence-electron chi connectivity index (χ1n) is 10.3. The van der Waals surface area contributed by atoms with Gasteiger partial charge in [0.1, 0.15) is 17.3 Å². The van der Waals surface area contributed by atoms with Crippen molar-refractivity contribution in [2.45, 2.75) is 19.4 Å². The van der Waals surface area contributed by atoms with Crippen LogP contribution in [0.15, 0.2) is 67.0 Å². The Kier molecular flexibility index (Phi) is 6.32. The van der Waals surface area contributed by atoms with E-state index in [4.69, 9.17) is 9.47 Å². The van der Waals surface area contributed by atoms with E-state index in [9.17, 15) is 4.79 Å². The van der Waals surface area contributed by atoms with Gasteiger partial charge in [-0.2, -0.15) is 0 Å². The van der Waals surface area contributed by atoms with Crippen LogP contribution in [0.5, 0.6) is 11.5 Å². The largest absolute Gasteiger partial charge is 0.497 e. The van der Waals surface area contributed by atoms with Gasteiger partial charge in [-0.3, -0.25) is 4.79 Å². The van der Waals surface area contributed by atoms with Gasteiger partial charge < -0.3 is 18.9 Å². The second-order valence-corrected chi connectivity index (χ2v) is 7.56. The van der Waals surface area contributed by atoms with Gasteiger partial charge >= 0.3 is 0 Å². The number of hydrogen-bond acceptors (Lipinski definition) is 4. The maximum Gasteiger partial charge on any atom is 0.260 e. The average Bonchev–Trinajstić information content (AvgIpc) is 3.27. The number of methoxy groups -OCH3 is 1. The van der Waals surface area contributed by atoms with Crippen LogP contribution in [-0.4, -0.2) is 47.2 Å². The maximum atomic E-state index is 12.5. The van der Waals surface area contributed by atoms with Gasteiger partial charge in [0, 0.05) is 43.7 Å². The third kappa shape index (κ3) is 4.82. The Morgan fingerprint density at radius 1 is 1.07 bits per heavy atom. The molecule has 0 radical (unpaired) electrons. The highest BCUT2D eigenvalue weighted by atomic mass is 16.5. The van der Waals surface area contributed by atoms with Gasteiger partial charge in [0.25, 0.3) is 5.91 Å². The third-order valence-corrected chi connectivity index (χ3v) is 5.57. The molecule has 1 amide bonds. The minimum absolute atomic E-state index is 0.0314. The smallest absolute Gasteiger partial charge is 0.260 e. The van der Waals surface area contributed by atoms with Crippen molar-refractivity contribution < 1.29 is 14.3 Å². The van der Waals surface area contributed by atoms with E-state index in [0.717, 1.165) is 49.6 Å². The van der Waals surface area contributed by atoms with Crippen LogP contribution in [-0.2, 0) is 11.3 Å². The van der Waals surface area contributed by atoms with Crippen molar-refractivity contribution in [3.05, 3.63) is 67.0 Å². The SMILES string of the molecule is COc1cccc(OCC(=O)N2CCC(Cn3ccnc3-c3ccccc3)CC2)c1. The number of rotatable bonds is 7. The second kappa shape index (κ2) is 9.48. The number of amides is 1. The molecule has 3 aromatic rings. The lowest BCUT2D eigenvalue weighted by Crippen LogP contribution is -2.41. The molecule has 6 nitrogen and oxygen atoms in total. The normalized spacial score (nSPS) is 14.5. The predicted octanol–water partition coefficient (Wildman–Crippen LogP) is 3.88. The molecule has 0 saturated carbocycles. The summed E-state index contributed by atoms with van der Waals surface area (Å²) in [7, 11) is 1.61. The molecule has 4 rings (SSSR count). The first-order chi connectivity index (χ1) is 14.7. The van der Waals surface area contributed by atoms with E-state index in [1.165, 1.54) is 0 Å². The van der Waals surface area contributed by atoms with Crippen LogP contribution in [0.4, 0.5) is 0 Å². The van der Waals surface area contributed by atoms with Crippen LogP contribution < -0.4 is 9.47 Å². The Morgan fingerprint density at radius 3 is 2.60 bits per heavy atom. The van der Waals surface area contributed by atoms with Crippen LogP contribution in [0.25, 0.3) is 11.4 Å². The van der Waals surface area contributed by atoms with E-state index >= 15 is 0 Å². The first-order valence-corrected chi connectivity index (χ1v) is 10.3. The lowest BCUT2D eigenvalue weighted by Gasteiger charge is -2.32. The average molecular weight is 405 g/mol. The monoisotopic (exact) mass is 405 g/mol. The zero-order valence-electron chi connectivity index (χ0n) is 17.2. The fourth-order valence-electron chi connectivity index (χ4n) is 3.87. The molecule has 0 atom stereocenters. The molecular weight excluding hydrogens is 378 g/mol. The molecule has 1 saturated heterocycles. The fourth-order valence-corrected chi connectivity index (χ4v) is 3.87. The van der Waals surface area contributed by atoms with Crippen molar-refractivity contribution in [2.75, 3.05) is 26.8 Å². The predicted molar refractivity (Wildman–Crippen MR) is 115 cm³/mol. The highest BCUT2D eigenvalue weighted by molar-refractivity contribution is 5.77. The Morgan fingerprint density at radius 2 is 1.83 bits per heavy atom. The first kappa shape index (κ1) is 20.0. The number of benzene rings is 2. The van der Waals surface area contributed by atoms with Crippen molar-refractivity contribution in [1.29, 1.82) is 0 Å². The van der Waals surface area contributed by atoms with Gasteiger partial charge in [0.05, 0.1) is 7.11 Å². The minimum Gasteiger partial charge on any atom is -0.497 e. The van der Waals surface area contributed by atoms with Crippen molar-refractivity contribution >= 4 is 5.91 Å². The van der Waals surface area contributed by atoms with Gasteiger partial charge in [-0.05, 0) is 30.9 Å². The number of aromatic nitrogens is 2. The van der Waals surface area contributed by atoms with E-state index in [1.807, 2.05) is 53.7 Å². The summed E-state index contributed by atoms with van der Waals surface area (Å²) in [4.78, 5) is 19.0. The third-order valence-electron chi connectivity index (χ3n) is 5.57. The van der Waals surface area contributed by atoms with E-state index < -0.39 is 0 Å². The summed E-state index contributed by atoms with van der Waals surface area (Å²) in [5, 5.41) is 0. The summed E-state index contributed by atoms with van der Waals surface area (Å²) in [6.45, 7) is 2.50. The lowest BCUT2D eigenvalue weighted by molar-refractivity contribution is -0.134. The molecule has 1 fully saturated rings. The van der Waals surface area contributed by atoms with Crippen molar-refractivity contribution in [2.24, 2.45) is 5.92 Å². The number of carbonyl (C=O) groups excluding carboxylic acids is 1. The molecule has 1 aliphatic heterocycles. The van der Waals surface area contributed by atoms with E-state index in [2.05, 4.69) is 21.7 Å². The molecule has 156 valence electrons. The standard InChI is InChI=1S/C24H27N3O3/c1-29-21-8-5-9-22(16-21)30-18-23(28)26-13-10-19(11-14-26)17-27-15-12-25-24(27)20-6-3-2-4-7-20/h2-9,12,15-16,19H,10-11,13-14,17-18H2,1H3.